The van der Waals surface area contributed by atoms with Crippen LogP contribution in [0.5, 0.6) is 0 Å². The SMILES string of the molecule is COC1C(O)[C@@H](N)O[C@@H]1CON. The van der Waals surface area contributed by atoms with E-state index in [9.17, 15) is 5.11 Å². The largest absolute Gasteiger partial charge is 0.386 e. The number of rotatable bonds is 3. The minimum Gasteiger partial charge on any atom is -0.386 e. The van der Waals surface area contributed by atoms with Crippen LogP contribution < -0.4 is 11.6 Å². The predicted octanol–water partition coefficient (Wildman–Crippen LogP) is -2.06. The van der Waals surface area contributed by atoms with Gasteiger partial charge in [0.25, 0.3) is 0 Å². The summed E-state index contributed by atoms with van der Waals surface area (Å²) in [6.45, 7) is 0.156. The van der Waals surface area contributed by atoms with Crippen LogP contribution in [0.15, 0.2) is 0 Å². The summed E-state index contributed by atoms with van der Waals surface area (Å²) in [5.74, 6) is 4.86. The lowest BCUT2D eigenvalue weighted by Crippen LogP contribution is -2.38. The van der Waals surface area contributed by atoms with Crippen molar-refractivity contribution in [1.29, 1.82) is 0 Å². The number of hydrogen-bond donors (Lipinski definition) is 3. The fourth-order valence-corrected chi connectivity index (χ4v) is 1.29. The van der Waals surface area contributed by atoms with Gasteiger partial charge in [-0.3, -0.25) is 0 Å². The molecule has 1 heterocycles. The lowest BCUT2D eigenvalue weighted by Gasteiger charge is -2.16. The molecule has 5 N–H and O–H groups in total. The highest BCUT2D eigenvalue weighted by Crippen LogP contribution is 2.20. The predicted molar refractivity (Wildman–Crippen MR) is 39.8 cm³/mol. The summed E-state index contributed by atoms with van der Waals surface area (Å²) in [6, 6.07) is 0. The van der Waals surface area contributed by atoms with Crippen molar-refractivity contribution in [2.45, 2.75) is 24.5 Å². The monoisotopic (exact) mass is 178 g/mol. The molecule has 6 heteroatoms. The Morgan fingerprint density at radius 1 is 1.58 bits per heavy atom. The number of nitrogens with two attached hydrogens (primary N) is 2. The number of methoxy groups -OCH3 is 1. The van der Waals surface area contributed by atoms with Gasteiger partial charge >= 0.3 is 0 Å². The van der Waals surface area contributed by atoms with E-state index >= 15 is 0 Å². The van der Waals surface area contributed by atoms with Gasteiger partial charge in [-0.05, 0) is 0 Å². The van der Waals surface area contributed by atoms with Gasteiger partial charge in [0.15, 0.2) is 0 Å². The standard InChI is InChI=1S/C6H14N2O4/c1-10-5-3(2-11-8)12-6(7)4(5)9/h3-6,9H,2,7-8H2,1H3/t3-,4?,5?,6+/m1/s1. The summed E-state index contributed by atoms with van der Waals surface area (Å²) in [4.78, 5) is 4.38. The highest BCUT2D eigenvalue weighted by atomic mass is 16.6. The molecule has 72 valence electrons. The van der Waals surface area contributed by atoms with Crippen LogP contribution in [-0.2, 0) is 14.3 Å². The second kappa shape index (κ2) is 4.13. The van der Waals surface area contributed by atoms with E-state index in [0.29, 0.717) is 0 Å². The average molecular weight is 178 g/mol. The molecule has 0 spiro atoms. The molecule has 1 rings (SSSR count). The van der Waals surface area contributed by atoms with E-state index in [1.54, 1.807) is 0 Å². The van der Waals surface area contributed by atoms with E-state index in [4.69, 9.17) is 21.1 Å². The fourth-order valence-electron chi connectivity index (χ4n) is 1.29. The molecule has 0 amide bonds. The molecule has 1 saturated heterocycles. The first-order chi connectivity index (χ1) is 5.70. The molecule has 2 unspecified atom stereocenters. The summed E-state index contributed by atoms with van der Waals surface area (Å²) in [7, 11) is 1.47. The van der Waals surface area contributed by atoms with E-state index in [0.717, 1.165) is 0 Å². The van der Waals surface area contributed by atoms with E-state index in [1.165, 1.54) is 7.11 Å². The minimum atomic E-state index is -0.824. The van der Waals surface area contributed by atoms with Crippen LogP contribution in [0.1, 0.15) is 0 Å². The van der Waals surface area contributed by atoms with Gasteiger partial charge in [-0.2, -0.15) is 0 Å². The Morgan fingerprint density at radius 2 is 2.25 bits per heavy atom. The minimum absolute atomic E-state index is 0.156. The first-order valence-electron chi connectivity index (χ1n) is 3.64. The normalized spacial score (nSPS) is 42.0. The van der Waals surface area contributed by atoms with Crippen molar-refractivity contribution in [3.63, 3.8) is 0 Å². The summed E-state index contributed by atoms with van der Waals surface area (Å²) in [6.07, 6.45) is -2.42. The van der Waals surface area contributed by atoms with Crippen LogP contribution in [-0.4, -0.2) is 43.4 Å². The molecular weight excluding hydrogens is 164 g/mol. The van der Waals surface area contributed by atoms with Crippen LogP contribution in [0.3, 0.4) is 0 Å². The molecule has 0 saturated carbocycles. The van der Waals surface area contributed by atoms with E-state index in [2.05, 4.69) is 4.84 Å². The van der Waals surface area contributed by atoms with Crippen LogP contribution in [0, 0.1) is 0 Å². The maximum atomic E-state index is 9.38. The Kier molecular flexibility index (Phi) is 3.39. The molecule has 0 aromatic rings. The molecule has 6 nitrogen and oxygen atoms in total. The molecule has 1 aliphatic rings. The quantitative estimate of drug-likeness (QED) is 0.429. The smallest absolute Gasteiger partial charge is 0.135 e. The number of hydrogen-bond acceptors (Lipinski definition) is 6. The third-order valence-corrected chi connectivity index (χ3v) is 1.90. The zero-order valence-corrected chi connectivity index (χ0v) is 6.84. The van der Waals surface area contributed by atoms with Crippen molar-refractivity contribution in [3.8, 4) is 0 Å². The molecule has 12 heavy (non-hydrogen) atoms. The first kappa shape index (κ1) is 9.85. The molecule has 4 atom stereocenters. The van der Waals surface area contributed by atoms with Gasteiger partial charge in [0.2, 0.25) is 0 Å². The summed E-state index contributed by atoms with van der Waals surface area (Å²) in [5.41, 5.74) is 5.42. The van der Waals surface area contributed by atoms with E-state index in [1.807, 2.05) is 0 Å². The maximum Gasteiger partial charge on any atom is 0.135 e. The van der Waals surface area contributed by atoms with Crippen molar-refractivity contribution >= 4 is 0 Å². The summed E-state index contributed by atoms with van der Waals surface area (Å²) in [5, 5.41) is 9.38. The highest BCUT2D eigenvalue weighted by molar-refractivity contribution is 4.88. The molecule has 0 radical (unpaired) electrons. The van der Waals surface area contributed by atoms with Gasteiger partial charge in [-0.1, -0.05) is 0 Å². The summed E-state index contributed by atoms with van der Waals surface area (Å²) >= 11 is 0. The highest BCUT2D eigenvalue weighted by Gasteiger charge is 2.42. The summed E-state index contributed by atoms with van der Waals surface area (Å²) < 4.78 is 10.1. The topological polar surface area (TPSA) is 100.0 Å². The molecule has 1 fully saturated rings. The van der Waals surface area contributed by atoms with Gasteiger partial charge < -0.3 is 25.2 Å². The van der Waals surface area contributed by atoms with Gasteiger partial charge in [-0.15, -0.1) is 0 Å². The molecule has 0 aliphatic carbocycles. The Balaban J connectivity index is 2.52. The first-order valence-corrected chi connectivity index (χ1v) is 3.64. The molecule has 1 aliphatic heterocycles. The Bertz CT molecular complexity index is 146. The maximum absolute atomic E-state index is 9.38. The van der Waals surface area contributed by atoms with Crippen molar-refractivity contribution in [3.05, 3.63) is 0 Å². The van der Waals surface area contributed by atoms with Gasteiger partial charge in [-0.25, -0.2) is 5.90 Å². The molecule has 0 aromatic heterocycles. The second-order valence-electron chi connectivity index (χ2n) is 2.66. The Morgan fingerprint density at radius 3 is 2.75 bits per heavy atom. The van der Waals surface area contributed by atoms with Gasteiger partial charge in [0, 0.05) is 7.11 Å². The Hall–Kier alpha value is -0.240. The lowest BCUT2D eigenvalue weighted by atomic mass is 10.1. The zero-order chi connectivity index (χ0) is 9.14. The van der Waals surface area contributed by atoms with Crippen molar-refractivity contribution in [2.24, 2.45) is 11.6 Å². The number of aliphatic hydroxyl groups excluding tert-OH is 1. The van der Waals surface area contributed by atoms with E-state index in [-0.39, 0.29) is 6.61 Å². The fraction of sp³-hybridized carbons (Fsp3) is 1.00. The Labute approximate surface area is 70.3 Å². The third kappa shape index (κ3) is 1.74. The third-order valence-electron chi connectivity index (χ3n) is 1.90. The van der Waals surface area contributed by atoms with Crippen molar-refractivity contribution < 1.29 is 19.4 Å². The number of aliphatic hydroxyl groups is 1. The van der Waals surface area contributed by atoms with Gasteiger partial charge in [0.05, 0.1) is 6.61 Å². The number of ether oxygens (including phenoxy) is 2. The van der Waals surface area contributed by atoms with Gasteiger partial charge in [0.1, 0.15) is 24.5 Å². The lowest BCUT2D eigenvalue weighted by molar-refractivity contribution is -0.0550. The molecule has 0 bridgehead atoms. The van der Waals surface area contributed by atoms with Crippen LogP contribution >= 0.6 is 0 Å². The van der Waals surface area contributed by atoms with Crippen LogP contribution in [0.25, 0.3) is 0 Å². The average Bonchev–Trinajstić information content (AvgIpc) is 2.29. The van der Waals surface area contributed by atoms with Crippen LogP contribution in [0.4, 0.5) is 0 Å². The van der Waals surface area contributed by atoms with Crippen molar-refractivity contribution in [2.75, 3.05) is 13.7 Å². The molecule has 0 aromatic carbocycles. The van der Waals surface area contributed by atoms with E-state index < -0.39 is 24.5 Å². The second-order valence-corrected chi connectivity index (χ2v) is 2.66. The van der Waals surface area contributed by atoms with Crippen LogP contribution in [0.2, 0.25) is 0 Å². The van der Waals surface area contributed by atoms with Crippen molar-refractivity contribution in [1.82, 2.24) is 0 Å². The zero-order valence-electron chi connectivity index (χ0n) is 6.84. The molecular formula is C6H14N2O4.